The van der Waals surface area contributed by atoms with Gasteiger partial charge in [0.25, 0.3) is 5.89 Å². The second-order valence-electron chi connectivity index (χ2n) is 5.06. The summed E-state index contributed by atoms with van der Waals surface area (Å²) in [6.45, 7) is 1.90. The van der Waals surface area contributed by atoms with Crippen molar-refractivity contribution in [2.75, 3.05) is 5.32 Å². The van der Waals surface area contributed by atoms with Crippen LogP contribution in [0.3, 0.4) is 0 Å². The molecule has 7 nitrogen and oxygen atoms in total. The maximum atomic E-state index is 12.8. The molecule has 0 radical (unpaired) electrons. The normalized spacial score (nSPS) is 10.7. The molecule has 23 heavy (non-hydrogen) atoms. The molecular formula is C15H14FN5O2. The Kier molecular flexibility index (Phi) is 3.88. The Bertz CT molecular complexity index is 818. The molecule has 0 aliphatic rings. The zero-order valence-electron chi connectivity index (χ0n) is 12.6. The van der Waals surface area contributed by atoms with Gasteiger partial charge in [-0.05, 0) is 30.7 Å². The predicted octanol–water partition coefficient (Wildman–Crippen LogP) is 2.10. The lowest BCUT2D eigenvalue weighted by molar-refractivity contribution is -0.115. The van der Waals surface area contributed by atoms with Crippen LogP contribution in [0.1, 0.15) is 11.3 Å². The molecule has 118 valence electrons. The van der Waals surface area contributed by atoms with Gasteiger partial charge in [0.2, 0.25) is 5.91 Å². The van der Waals surface area contributed by atoms with E-state index in [1.54, 1.807) is 29.9 Å². The molecule has 8 heteroatoms. The van der Waals surface area contributed by atoms with Crippen LogP contribution in [0.2, 0.25) is 0 Å². The number of hydrogen-bond donors (Lipinski definition) is 1. The van der Waals surface area contributed by atoms with E-state index in [1.807, 2.05) is 6.92 Å². The van der Waals surface area contributed by atoms with Crippen LogP contribution in [-0.2, 0) is 18.3 Å². The smallest absolute Gasteiger partial charge is 0.322 e. The van der Waals surface area contributed by atoms with E-state index in [9.17, 15) is 9.18 Å². The van der Waals surface area contributed by atoms with Gasteiger partial charge >= 0.3 is 6.01 Å². The SMILES string of the molecule is Cc1cc(-c2nnc(NC(=O)Cc3ccc(F)cc3)o2)nn1C. The number of benzene rings is 1. The second-order valence-corrected chi connectivity index (χ2v) is 5.06. The Hall–Kier alpha value is -3.03. The van der Waals surface area contributed by atoms with Crippen LogP contribution < -0.4 is 5.32 Å². The second kappa shape index (κ2) is 5.99. The molecule has 3 aromatic rings. The van der Waals surface area contributed by atoms with Crippen LogP contribution in [-0.4, -0.2) is 25.9 Å². The van der Waals surface area contributed by atoms with Gasteiger partial charge in [0.1, 0.15) is 11.5 Å². The molecule has 1 aromatic carbocycles. The lowest BCUT2D eigenvalue weighted by Gasteiger charge is -2.00. The first-order valence-corrected chi connectivity index (χ1v) is 6.90. The molecule has 0 aliphatic heterocycles. The number of aromatic nitrogens is 4. The van der Waals surface area contributed by atoms with Crippen LogP contribution in [0.5, 0.6) is 0 Å². The fourth-order valence-electron chi connectivity index (χ4n) is 1.99. The van der Waals surface area contributed by atoms with Crippen molar-refractivity contribution < 1.29 is 13.6 Å². The number of anilines is 1. The largest absolute Gasteiger partial charge is 0.401 e. The summed E-state index contributed by atoms with van der Waals surface area (Å²) in [5, 5.41) is 14.4. The summed E-state index contributed by atoms with van der Waals surface area (Å²) in [7, 11) is 1.81. The van der Waals surface area contributed by atoms with E-state index >= 15 is 0 Å². The molecular weight excluding hydrogens is 301 g/mol. The van der Waals surface area contributed by atoms with Crippen molar-refractivity contribution in [3.8, 4) is 11.6 Å². The minimum Gasteiger partial charge on any atom is -0.401 e. The predicted molar refractivity (Wildman–Crippen MR) is 80.0 cm³/mol. The molecule has 0 bridgehead atoms. The average Bonchev–Trinajstić information content (AvgIpc) is 3.09. The van der Waals surface area contributed by atoms with Gasteiger partial charge in [0, 0.05) is 12.7 Å². The number of carbonyl (C=O) groups is 1. The summed E-state index contributed by atoms with van der Waals surface area (Å²) in [4.78, 5) is 11.9. The molecule has 2 aromatic heterocycles. The van der Waals surface area contributed by atoms with Gasteiger partial charge in [0.15, 0.2) is 0 Å². The average molecular weight is 315 g/mol. The quantitative estimate of drug-likeness (QED) is 0.797. The first kappa shape index (κ1) is 14.9. The molecule has 0 atom stereocenters. The van der Waals surface area contributed by atoms with Crippen molar-refractivity contribution in [3.63, 3.8) is 0 Å². The molecule has 0 spiro atoms. The number of nitrogens with zero attached hydrogens (tertiary/aromatic N) is 4. The highest BCUT2D eigenvalue weighted by molar-refractivity contribution is 5.90. The molecule has 3 rings (SSSR count). The van der Waals surface area contributed by atoms with Crippen LogP contribution in [0, 0.1) is 12.7 Å². The summed E-state index contributed by atoms with van der Waals surface area (Å²) < 4.78 is 19.9. The summed E-state index contributed by atoms with van der Waals surface area (Å²) >= 11 is 0. The Morgan fingerprint density at radius 3 is 2.70 bits per heavy atom. The van der Waals surface area contributed by atoms with E-state index in [0.29, 0.717) is 11.3 Å². The molecule has 0 saturated heterocycles. The Morgan fingerprint density at radius 1 is 1.30 bits per heavy atom. The third-order valence-corrected chi connectivity index (χ3v) is 3.28. The van der Waals surface area contributed by atoms with E-state index in [4.69, 9.17) is 4.42 Å². The van der Waals surface area contributed by atoms with Crippen molar-refractivity contribution in [2.45, 2.75) is 13.3 Å². The van der Waals surface area contributed by atoms with Crippen molar-refractivity contribution in [3.05, 3.63) is 47.4 Å². The number of amides is 1. The van der Waals surface area contributed by atoms with Gasteiger partial charge in [0.05, 0.1) is 6.42 Å². The third-order valence-electron chi connectivity index (χ3n) is 3.28. The van der Waals surface area contributed by atoms with Crippen LogP contribution in [0.15, 0.2) is 34.7 Å². The first-order valence-electron chi connectivity index (χ1n) is 6.90. The van der Waals surface area contributed by atoms with Crippen LogP contribution in [0.4, 0.5) is 10.4 Å². The van der Waals surface area contributed by atoms with Crippen molar-refractivity contribution in [2.24, 2.45) is 7.05 Å². The first-order chi connectivity index (χ1) is 11.0. The highest BCUT2D eigenvalue weighted by Crippen LogP contribution is 2.19. The van der Waals surface area contributed by atoms with Gasteiger partial charge in [-0.3, -0.25) is 14.8 Å². The molecule has 0 fully saturated rings. The lowest BCUT2D eigenvalue weighted by Crippen LogP contribution is -2.14. The van der Waals surface area contributed by atoms with Crippen molar-refractivity contribution >= 4 is 11.9 Å². The summed E-state index contributed by atoms with van der Waals surface area (Å²) in [5.74, 6) is -0.448. The topological polar surface area (TPSA) is 85.8 Å². The van der Waals surface area contributed by atoms with Gasteiger partial charge in [-0.15, -0.1) is 5.10 Å². The maximum Gasteiger partial charge on any atom is 0.322 e. The molecule has 0 unspecified atom stereocenters. The number of carbonyl (C=O) groups excluding carboxylic acids is 1. The summed E-state index contributed by atoms with van der Waals surface area (Å²) in [5.41, 5.74) is 2.17. The van der Waals surface area contributed by atoms with Gasteiger partial charge < -0.3 is 4.42 Å². The highest BCUT2D eigenvalue weighted by atomic mass is 19.1. The zero-order valence-corrected chi connectivity index (χ0v) is 12.6. The highest BCUT2D eigenvalue weighted by Gasteiger charge is 2.14. The fraction of sp³-hybridized carbons (Fsp3) is 0.200. The van der Waals surface area contributed by atoms with Gasteiger partial charge in [-0.1, -0.05) is 17.2 Å². The molecule has 2 heterocycles. The van der Waals surface area contributed by atoms with Gasteiger partial charge in [-0.25, -0.2) is 4.39 Å². The number of nitrogens with one attached hydrogen (secondary N) is 1. The number of hydrogen-bond acceptors (Lipinski definition) is 5. The van der Waals surface area contributed by atoms with E-state index in [0.717, 1.165) is 5.69 Å². The van der Waals surface area contributed by atoms with Gasteiger partial charge in [-0.2, -0.15) is 5.10 Å². The maximum absolute atomic E-state index is 12.8. The van der Waals surface area contributed by atoms with E-state index in [1.165, 1.54) is 12.1 Å². The van der Waals surface area contributed by atoms with Crippen molar-refractivity contribution in [1.82, 2.24) is 20.0 Å². The summed E-state index contributed by atoms with van der Waals surface area (Å²) in [6.07, 6.45) is 0.0840. The zero-order chi connectivity index (χ0) is 16.4. The number of rotatable bonds is 4. The Morgan fingerprint density at radius 2 is 2.04 bits per heavy atom. The lowest BCUT2D eigenvalue weighted by atomic mass is 10.1. The van der Waals surface area contributed by atoms with E-state index in [-0.39, 0.29) is 30.1 Å². The minimum absolute atomic E-state index is 0.00424. The Balaban J connectivity index is 1.66. The number of aryl methyl sites for hydroxylation is 2. The summed E-state index contributed by atoms with van der Waals surface area (Å²) in [6, 6.07) is 7.50. The van der Waals surface area contributed by atoms with E-state index < -0.39 is 0 Å². The van der Waals surface area contributed by atoms with E-state index in [2.05, 4.69) is 20.6 Å². The molecule has 1 N–H and O–H groups in total. The fourth-order valence-corrected chi connectivity index (χ4v) is 1.99. The monoisotopic (exact) mass is 315 g/mol. The minimum atomic E-state index is -0.346. The third kappa shape index (κ3) is 3.42. The van der Waals surface area contributed by atoms with Crippen LogP contribution >= 0.6 is 0 Å². The van der Waals surface area contributed by atoms with Crippen molar-refractivity contribution in [1.29, 1.82) is 0 Å². The Labute approximate surface area is 131 Å². The molecule has 0 aliphatic carbocycles. The van der Waals surface area contributed by atoms with Crippen LogP contribution in [0.25, 0.3) is 11.6 Å². The standard InChI is InChI=1S/C15H14FN5O2/c1-9-7-12(20-21(9)2)14-18-19-15(23-14)17-13(22)8-10-3-5-11(16)6-4-10/h3-7H,8H2,1-2H3,(H,17,19,22). The number of halogens is 1. The molecule has 0 saturated carbocycles. The molecule has 1 amide bonds.